The molecule has 0 radical (unpaired) electrons. The molecule has 6 heteroatoms. The fourth-order valence-electron chi connectivity index (χ4n) is 2.17. The van der Waals surface area contributed by atoms with E-state index in [1.807, 2.05) is 24.3 Å². The van der Waals surface area contributed by atoms with Crippen LogP contribution < -0.4 is 4.74 Å². The fraction of sp³-hybridized carbons (Fsp3) is 0.316. The van der Waals surface area contributed by atoms with Gasteiger partial charge in [0.05, 0.1) is 4.92 Å². The molecule has 0 aliphatic heterocycles. The van der Waals surface area contributed by atoms with Gasteiger partial charge in [0, 0.05) is 6.07 Å². The van der Waals surface area contributed by atoms with Crippen LogP contribution in [0.4, 0.5) is 5.69 Å². The van der Waals surface area contributed by atoms with Gasteiger partial charge < -0.3 is 9.47 Å². The standard InChI is InChI=1S/C19H21NO5/c1-19(2,3)15-10-8-14(9-11-15)12-25-18(21)13-24-17-7-5-4-6-16(17)20(22)23/h4-11H,12-13H2,1-3H3. The lowest BCUT2D eigenvalue weighted by Gasteiger charge is -2.19. The van der Waals surface area contributed by atoms with Crippen LogP contribution in [0.15, 0.2) is 48.5 Å². The van der Waals surface area contributed by atoms with E-state index in [-0.39, 0.29) is 30.1 Å². The number of benzene rings is 2. The molecule has 6 nitrogen and oxygen atoms in total. The van der Waals surface area contributed by atoms with Crippen molar-refractivity contribution in [3.63, 3.8) is 0 Å². The van der Waals surface area contributed by atoms with Gasteiger partial charge in [0.2, 0.25) is 0 Å². The molecule has 0 fully saturated rings. The summed E-state index contributed by atoms with van der Waals surface area (Å²) in [5.74, 6) is -0.544. The van der Waals surface area contributed by atoms with Crippen LogP contribution in [0.5, 0.6) is 5.75 Å². The second-order valence-electron chi connectivity index (χ2n) is 6.62. The number of para-hydroxylation sites is 2. The van der Waals surface area contributed by atoms with Crippen LogP contribution in [0.3, 0.4) is 0 Å². The molecular formula is C19H21NO5. The highest BCUT2D eigenvalue weighted by Gasteiger charge is 2.16. The number of ether oxygens (including phenoxy) is 2. The molecular weight excluding hydrogens is 322 g/mol. The van der Waals surface area contributed by atoms with Crippen molar-refractivity contribution in [3.05, 3.63) is 69.8 Å². The molecule has 0 unspecified atom stereocenters. The molecule has 0 amide bonds. The largest absolute Gasteiger partial charge is 0.475 e. The smallest absolute Gasteiger partial charge is 0.344 e. The van der Waals surface area contributed by atoms with Crippen molar-refractivity contribution in [3.8, 4) is 5.75 Å². The van der Waals surface area contributed by atoms with E-state index in [0.717, 1.165) is 5.56 Å². The SMILES string of the molecule is CC(C)(C)c1ccc(COC(=O)COc2ccccc2[N+](=O)[O-])cc1. The van der Waals surface area contributed by atoms with Crippen molar-refractivity contribution >= 4 is 11.7 Å². The molecule has 0 atom stereocenters. The van der Waals surface area contributed by atoms with Gasteiger partial charge in [0.1, 0.15) is 6.61 Å². The molecule has 2 rings (SSSR count). The van der Waals surface area contributed by atoms with Gasteiger partial charge in [-0.25, -0.2) is 4.79 Å². The van der Waals surface area contributed by atoms with Crippen molar-refractivity contribution in [2.24, 2.45) is 0 Å². The fourth-order valence-corrected chi connectivity index (χ4v) is 2.17. The third kappa shape index (κ3) is 5.31. The number of carbonyl (C=O) groups excluding carboxylic acids is 1. The monoisotopic (exact) mass is 343 g/mol. The second-order valence-corrected chi connectivity index (χ2v) is 6.62. The summed E-state index contributed by atoms with van der Waals surface area (Å²) in [6.45, 7) is 6.13. The summed E-state index contributed by atoms with van der Waals surface area (Å²) in [7, 11) is 0. The van der Waals surface area contributed by atoms with Gasteiger partial charge in [0.25, 0.3) is 0 Å². The first-order valence-corrected chi connectivity index (χ1v) is 7.88. The molecule has 0 saturated heterocycles. The summed E-state index contributed by atoms with van der Waals surface area (Å²) in [5.41, 5.74) is 1.94. The van der Waals surface area contributed by atoms with Crippen molar-refractivity contribution < 1.29 is 19.2 Å². The molecule has 0 aromatic heterocycles. The lowest BCUT2D eigenvalue weighted by Crippen LogP contribution is -2.15. The van der Waals surface area contributed by atoms with Crippen LogP contribution in [0.1, 0.15) is 31.9 Å². The van der Waals surface area contributed by atoms with Crippen LogP contribution in [-0.2, 0) is 21.6 Å². The van der Waals surface area contributed by atoms with Crippen LogP contribution in [-0.4, -0.2) is 17.5 Å². The highest BCUT2D eigenvalue weighted by atomic mass is 16.6. The summed E-state index contributed by atoms with van der Waals surface area (Å²) < 4.78 is 10.3. The van der Waals surface area contributed by atoms with Crippen molar-refractivity contribution in [2.45, 2.75) is 32.8 Å². The molecule has 0 spiro atoms. The number of nitro benzene ring substituents is 1. The first-order chi connectivity index (χ1) is 11.8. The average molecular weight is 343 g/mol. The van der Waals surface area contributed by atoms with E-state index >= 15 is 0 Å². The summed E-state index contributed by atoms with van der Waals surface area (Å²) in [6.07, 6.45) is 0. The average Bonchev–Trinajstić information content (AvgIpc) is 2.58. The predicted octanol–water partition coefficient (Wildman–Crippen LogP) is 4.01. The lowest BCUT2D eigenvalue weighted by molar-refractivity contribution is -0.385. The Labute approximate surface area is 146 Å². The van der Waals surface area contributed by atoms with E-state index in [0.29, 0.717) is 0 Å². The normalized spacial score (nSPS) is 11.0. The zero-order chi connectivity index (χ0) is 18.4. The third-order valence-electron chi connectivity index (χ3n) is 3.63. The van der Waals surface area contributed by atoms with E-state index in [1.54, 1.807) is 6.07 Å². The van der Waals surface area contributed by atoms with Gasteiger partial charge in [0.15, 0.2) is 12.4 Å². The lowest BCUT2D eigenvalue weighted by atomic mass is 9.87. The van der Waals surface area contributed by atoms with Gasteiger partial charge in [-0.3, -0.25) is 10.1 Å². The minimum Gasteiger partial charge on any atom is -0.475 e. The number of nitrogens with zero attached hydrogens (tertiary/aromatic N) is 1. The molecule has 25 heavy (non-hydrogen) atoms. The zero-order valence-electron chi connectivity index (χ0n) is 14.5. The number of carbonyl (C=O) groups is 1. The minimum atomic E-state index is -0.585. The van der Waals surface area contributed by atoms with Crippen molar-refractivity contribution in [2.75, 3.05) is 6.61 Å². The molecule has 0 saturated carbocycles. The quantitative estimate of drug-likeness (QED) is 0.450. The maximum Gasteiger partial charge on any atom is 0.344 e. The maximum absolute atomic E-state index is 11.8. The predicted molar refractivity (Wildman–Crippen MR) is 93.5 cm³/mol. The summed E-state index contributed by atoms with van der Waals surface area (Å²) in [4.78, 5) is 22.1. The Bertz CT molecular complexity index is 747. The summed E-state index contributed by atoms with van der Waals surface area (Å²) in [6, 6.07) is 13.7. The van der Waals surface area contributed by atoms with Gasteiger partial charge in [-0.1, -0.05) is 57.2 Å². The molecule has 0 N–H and O–H groups in total. The molecule has 0 heterocycles. The van der Waals surface area contributed by atoms with E-state index in [9.17, 15) is 14.9 Å². The van der Waals surface area contributed by atoms with Crippen molar-refractivity contribution in [1.29, 1.82) is 0 Å². The number of rotatable bonds is 6. The summed E-state index contributed by atoms with van der Waals surface area (Å²) in [5, 5.41) is 10.9. The third-order valence-corrected chi connectivity index (χ3v) is 3.63. The maximum atomic E-state index is 11.8. The molecule has 0 aliphatic carbocycles. The van der Waals surface area contributed by atoms with Gasteiger partial charge in [-0.15, -0.1) is 0 Å². The number of esters is 1. The van der Waals surface area contributed by atoms with E-state index in [4.69, 9.17) is 9.47 Å². The topological polar surface area (TPSA) is 78.7 Å². The minimum absolute atomic E-state index is 0.0407. The zero-order valence-corrected chi connectivity index (χ0v) is 14.5. The number of hydrogen-bond acceptors (Lipinski definition) is 5. The molecule has 132 valence electrons. The first-order valence-electron chi connectivity index (χ1n) is 7.88. The molecule has 2 aromatic carbocycles. The van der Waals surface area contributed by atoms with Crippen LogP contribution in [0, 0.1) is 10.1 Å². The van der Waals surface area contributed by atoms with E-state index in [1.165, 1.54) is 23.8 Å². The second kappa shape index (κ2) is 7.79. The Kier molecular flexibility index (Phi) is 5.75. The van der Waals surface area contributed by atoms with Gasteiger partial charge in [-0.05, 0) is 22.6 Å². The Morgan fingerprint density at radius 2 is 1.72 bits per heavy atom. The Hall–Kier alpha value is -2.89. The Morgan fingerprint density at radius 3 is 2.32 bits per heavy atom. The first kappa shape index (κ1) is 18.4. The Balaban J connectivity index is 1.86. The summed E-state index contributed by atoms with van der Waals surface area (Å²) >= 11 is 0. The highest BCUT2D eigenvalue weighted by Crippen LogP contribution is 2.25. The highest BCUT2D eigenvalue weighted by molar-refractivity contribution is 5.71. The van der Waals surface area contributed by atoms with E-state index < -0.39 is 10.9 Å². The van der Waals surface area contributed by atoms with Gasteiger partial charge in [-0.2, -0.15) is 0 Å². The number of hydrogen-bond donors (Lipinski definition) is 0. The van der Waals surface area contributed by atoms with Crippen LogP contribution in [0.25, 0.3) is 0 Å². The van der Waals surface area contributed by atoms with Crippen LogP contribution >= 0.6 is 0 Å². The Morgan fingerprint density at radius 1 is 1.08 bits per heavy atom. The van der Waals surface area contributed by atoms with Crippen molar-refractivity contribution in [1.82, 2.24) is 0 Å². The van der Waals surface area contributed by atoms with E-state index in [2.05, 4.69) is 20.8 Å². The molecule has 0 bridgehead atoms. The molecule has 0 aliphatic rings. The van der Waals surface area contributed by atoms with Gasteiger partial charge >= 0.3 is 11.7 Å². The van der Waals surface area contributed by atoms with Crippen LogP contribution in [0.2, 0.25) is 0 Å². The number of nitro groups is 1. The molecule has 2 aromatic rings.